The number of piperidine rings is 1. The van der Waals surface area contributed by atoms with Crippen LogP contribution in [0, 0.1) is 25.2 Å². The molecule has 1 amide bonds. The molecule has 3 aromatic rings. The van der Waals surface area contributed by atoms with Crippen molar-refractivity contribution in [3.8, 4) is 6.07 Å². The second-order valence-corrected chi connectivity index (χ2v) is 11.9. The van der Waals surface area contributed by atoms with Crippen molar-refractivity contribution in [2.45, 2.75) is 39.3 Å². The van der Waals surface area contributed by atoms with Gasteiger partial charge in [-0.05, 0) is 97.7 Å². The zero-order valence-electron chi connectivity index (χ0n) is 23.9. The fourth-order valence-corrected chi connectivity index (χ4v) is 5.37. The monoisotopic (exact) mass is 638 g/mol. The van der Waals surface area contributed by atoms with Crippen molar-refractivity contribution in [2.75, 3.05) is 50.9 Å². The van der Waals surface area contributed by atoms with Crippen molar-refractivity contribution in [3.63, 3.8) is 0 Å². The van der Waals surface area contributed by atoms with E-state index in [4.69, 9.17) is 16.6 Å². The third-order valence-electron chi connectivity index (χ3n) is 7.12. The molecule has 0 saturated carbocycles. The summed E-state index contributed by atoms with van der Waals surface area (Å²) in [5, 5.41) is 19.7. The lowest BCUT2D eigenvalue weighted by Gasteiger charge is -2.32. The topological polar surface area (TPSA) is 109 Å². The lowest BCUT2D eigenvalue weighted by molar-refractivity contribution is 0.0951. The van der Waals surface area contributed by atoms with Crippen LogP contribution in [0.4, 0.5) is 17.5 Å². The van der Waals surface area contributed by atoms with Crippen LogP contribution in [0.5, 0.6) is 0 Å². The van der Waals surface area contributed by atoms with Crippen LogP contribution in [0.15, 0.2) is 41.0 Å². The number of anilines is 3. The van der Waals surface area contributed by atoms with Gasteiger partial charge in [-0.3, -0.25) is 9.69 Å². The van der Waals surface area contributed by atoms with Crippen molar-refractivity contribution >= 4 is 50.9 Å². The standard InChI is InChI=1S/C30H36BrClN8O/c1-19-13-21(16-33)14-20(2)27(19)37-28-25(31)17-35-30(38-28)36-24-7-10-40(11-8-24)18-23-6-5-22(15-26(23)32)29(41)34-9-12-39(3)4/h5-6,13-15,17,24H,7-12,18H2,1-4H3,(H,34,41)(H2,35,36,37,38). The molecule has 3 N–H and O–H groups in total. The van der Waals surface area contributed by atoms with Crippen LogP contribution in [0.3, 0.4) is 0 Å². The van der Waals surface area contributed by atoms with Gasteiger partial charge in [-0.1, -0.05) is 17.7 Å². The van der Waals surface area contributed by atoms with E-state index in [1.807, 2.05) is 57.1 Å². The van der Waals surface area contributed by atoms with Crippen LogP contribution in [0.2, 0.25) is 5.02 Å². The number of carbonyl (C=O) groups is 1. The molecule has 0 atom stereocenters. The number of likely N-dealkylation sites (tertiary alicyclic amines) is 1. The Morgan fingerprint density at radius 3 is 2.54 bits per heavy atom. The molecule has 216 valence electrons. The molecule has 41 heavy (non-hydrogen) atoms. The smallest absolute Gasteiger partial charge is 0.251 e. The highest BCUT2D eigenvalue weighted by Crippen LogP contribution is 2.30. The van der Waals surface area contributed by atoms with Crippen molar-refractivity contribution in [1.82, 2.24) is 25.1 Å². The number of likely N-dealkylation sites (N-methyl/N-ethyl adjacent to an activating group) is 1. The highest BCUT2D eigenvalue weighted by atomic mass is 79.9. The fraction of sp³-hybridized carbons (Fsp3) is 0.400. The molecule has 1 fully saturated rings. The molecule has 1 aliphatic heterocycles. The van der Waals surface area contributed by atoms with Gasteiger partial charge in [0, 0.05) is 61.2 Å². The van der Waals surface area contributed by atoms with E-state index in [1.165, 1.54) is 0 Å². The van der Waals surface area contributed by atoms with Crippen molar-refractivity contribution in [1.29, 1.82) is 5.26 Å². The van der Waals surface area contributed by atoms with Gasteiger partial charge in [-0.25, -0.2) is 4.98 Å². The molecule has 0 spiro atoms. The number of nitriles is 1. The van der Waals surface area contributed by atoms with Gasteiger partial charge < -0.3 is 20.9 Å². The number of hydrogen-bond donors (Lipinski definition) is 3. The second-order valence-electron chi connectivity index (χ2n) is 10.7. The molecule has 2 heterocycles. The Bertz CT molecular complexity index is 1410. The maximum atomic E-state index is 12.4. The quantitative estimate of drug-likeness (QED) is 0.267. The molecular formula is C30H36BrClN8O. The van der Waals surface area contributed by atoms with E-state index in [2.05, 4.69) is 47.8 Å². The number of amides is 1. The Morgan fingerprint density at radius 1 is 1.20 bits per heavy atom. The Labute approximate surface area is 255 Å². The van der Waals surface area contributed by atoms with Crippen molar-refractivity contribution < 1.29 is 4.79 Å². The van der Waals surface area contributed by atoms with Gasteiger partial charge in [0.15, 0.2) is 0 Å². The zero-order chi connectivity index (χ0) is 29.5. The summed E-state index contributed by atoms with van der Waals surface area (Å²) in [6, 6.07) is 11.7. The largest absolute Gasteiger partial charge is 0.351 e. The first-order valence-corrected chi connectivity index (χ1v) is 14.8. The number of benzene rings is 2. The minimum atomic E-state index is -0.108. The average molecular weight is 640 g/mol. The van der Waals surface area contributed by atoms with Crippen LogP contribution in [0.1, 0.15) is 45.5 Å². The van der Waals surface area contributed by atoms with Crippen molar-refractivity contribution in [2.24, 2.45) is 0 Å². The molecule has 0 unspecified atom stereocenters. The van der Waals surface area contributed by atoms with Crippen LogP contribution in [-0.2, 0) is 6.54 Å². The van der Waals surface area contributed by atoms with E-state index in [9.17, 15) is 10.1 Å². The summed E-state index contributed by atoms with van der Waals surface area (Å²) in [5.41, 5.74) is 5.12. The molecule has 0 aliphatic carbocycles. The first-order valence-electron chi connectivity index (χ1n) is 13.6. The lowest BCUT2D eigenvalue weighted by Crippen LogP contribution is -2.39. The molecule has 1 saturated heterocycles. The van der Waals surface area contributed by atoms with Crippen LogP contribution in [-0.4, -0.2) is 72.0 Å². The molecule has 2 aromatic carbocycles. The molecule has 0 radical (unpaired) electrons. The second kappa shape index (κ2) is 14.1. The summed E-state index contributed by atoms with van der Waals surface area (Å²) < 4.78 is 0.759. The van der Waals surface area contributed by atoms with Gasteiger partial charge in [-0.15, -0.1) is 0 Å². The SMILES string of the molecule is Cc1cc(C#N)cc(C)c1Nc1nc(NC2CCN(Cc3ccc(C(=O)NCCN(C)C)cc3Cl)CC2)ncc1Br. The molecule has 9 nitrogen and oxygen atoms in total. The van der Waals surface area contributed by atoms with Gasteiger partial charge in [0.05, 0.1) is 16.1 Å². The summed E-state index contributed by atoms with van der Waals surface area (Å²) in [7, 11) is 3.95. The number of hydrogen-bond acceptors (Lipinski definition) is 8. The summed E-state index contributed by atoms with van der Waals surface area (Å²) >= 11 is 10.1. The molecule has 0 bridgehead atoms. The van der Waals surface area contributed by atoms with Crippen LogP contribution in [0.25, 0.3) is 0 Å². The van der Waals surface area contributed by atoms with E-state index in [0.29, 0.717) is 34.5 Å². The maximum Gasteiger partial charge on any atom is 0.251 e. The first-order chi connectivity index (χ1) is 19.6. The number of halogens is 2. The maximum absolute atomic E-state index is 12.4. The molecule has 11 heteroatoms. The fourth-order valence-electron chi connectivity index (χ4n) is 4.84. The van der Waals surface area contributed by atoms with E-state index >= 15 is 0 Å². The Balaban J connectivity index is 1.31. The molecule has 1 aromatic heterocycles. The van der Waals surface area contributed by atoms with E-state index in [1.54, 1.807) is 12.3 Å². The third kappa shape index (κ3) is 8.39. The third-order valence-corrected chi connectivity index (χ3v) is 8.06. The summed E-state index contributed by atoms with van der Waals surface area (Å²) in [5.74, 6) is 1.13. The predicted octanol–water partition coefficient (Wildman–Crippen LogP) is 5.49. The van der Waals surface area contributed by atoms with Gasteiger partial charge in [0.2, 0.25) is 5.95 Å². The Kier molecular flexibility index (Phi) is 10.6. The summed E-state index contributed by atoms with van der Waals surface area (Å²) in [4.78, 5) is 26.0. The van der Waals surface area contributed by atoms with Gasteiger partial charge in [0.25, 0.3) is 5.91 Å². The molecule has 1 aliphatic rings. The number of carbonyl (C=O) groups excluding carboxylic acids is 1. The summed E-state index contributed by atoms with van der Waals surface area (Å²) in [6.45, 7) is 7.88. The minimum Gasteiger partial charge on any atom is -0.351 e. The van der Waals surface area contributed by atoms with Gasteiger partial charge >= 0.3 is 0 Å². The van der Waals surface area contributed by atoms with Crippen molar-refractivity contribution in [3.05, 3.63) is 73.8 Å². The van der Waals surface area contributed by atoms with Crippen LogP contribution < -0.4 is 16.0 Å². The van der Waals surface area contributed by atoms with Gasteiger partial charge in [-0.2, -0.15) is 10.2 Å². The summed E-state index contributed by atoms with van der Waals surface area (Å²) in [6.07, 6.45) is 3.63. The number of aromatic nitrogens is 2. The number of nitrogens with one attached hydrogen (secondary N) is 3. The molecular weight excluding hydrogens is 604 g/mol. The van der Waals surface area contributed by atoms with Gasteiger partial charge in [0.1, 0.15) is 5.82 Å². The van der Waals surface area contributed by atoms with E-state index < -0.39 is 0 Å². The van der Waals surface area contributed by atoms with E-state index in [0.717, 1.165) is 65.9 Å². The number of rotatable bonds is 10. The molecule has 4 rings (SSSR count). The lowest BCUT2D eigenvalue weighted by atomic mass is 10.0. The van der Waals surface area contributed by atoms with Crippen LogP contribution >= 0.6 is 27.5 Å². The number of nitrogens with zero attached hydrogens (tertiary/aromatic N) is 5. The first kappa shape index (κ1) is 30.7. The average Bonchev–Trinajstić information content (AvgIpc) is 2.94. The number of aryl methyl sites for hydroxylation is 2. The highest BCUT2D eigenvalue weighted by molar-refractivity contribution is 9.10. The zero-order valence-corrected chi connectivity index (χ0v) is 26.2. The highest BCUT2D eigenvalue weighted by Gasteiger charge is 2.21. The minimum absolute atomic E-state index is 0.108. The Morgan fingerprint density at radius 2 is 1.90 bits per heavy atom. The normalized spacial score (nSPS) is 14.1. The Hall–Kier alpha value is -3.23. The van der Waals surface area contributed by atoms with E-state index in [-0.39, 0.29) is 11.9 Å². The predicted molar refractivity (Wildman–Crippen MR) is 168 cm³/mol.